The largest absolute Gasteiger partial charge is 0.454 e. The fraction of sp³-hybridized carbons (Fsp3) is 0. The van der Waals surface area contributed by atoms with Gasteiger partial charge in [0, 0.05) is 38.2 Å². The van der Waals surface area contributed by atoms with E-state index in [1.807, 2.05) is 60.7 Å². The molecule has 0 bridgehead atoms. The molecule has 280 valence electrons. The number of aromatic nitrogens is 4. The molecule has 3 heterocycles. The van der Waals surface area contributed by atoms with Crippen molar-refractivity contribution in [1.29, 1.82) is 0 Å². The lowest BCUT2D eigenvalue weighted by atomic mass is 10.0. The van der Waals surface area contributed by atoms with E-state index in [9.17, 15) is 0 Å². The van der Waals surface area contributed by atoms with Crippen molar-refractivity contribution < 1.29 is 4.42 Å². The summed E-state index contributed by atoms with van der Waals surface area (Å²) in [5.74, 6) is 1.82. The van der Waals surface area contributed by atoms with Crippen molar-refractivity contribution in [3.63, 3.8) is 0 Å². The fourth-order valence-corrected chi connectivity index (χ4v) is 8.76. The summed E-state index contributed by atoms with van der Waals surface area (Å²) in [4.78, 5) is 15.0. The smallest absolute Gasteiger partial charge is 0.164 e. The van der Waals surface area contributed by atoms with Crippen molar-refractivity contribution in [2.45, 2.75) is 0 Å². The number of hydrogen-bond donors (Lipinski definition) is 0. The van der Waals surface area contributed by atoms with Crippen LogP contribution >= 0.6 is 0 Å². The monoisotopic (exact) mass is 766 g/mol. The molecule has 0 fully saturated rings. The predicted molar refractivity (Wildman–Crippen MR) is 246 cm³/mol. The van der Waals surface area contributed by atoms with Gasteiger partial charge in [-0.1, -0.05) is 164 Å². The molecule has 0 unspecified atom stereocenters. The van der Waals surface area contributed by atoms with E-state index in [1.165, 1.54) is 32.7 Å². The van der Waals surface area contributed by atoms with Gasteiger partial charge in [0.15, 0.2) is 23.1 Å². The minimum Gasteiger partial charge on any atom is -0.454 e. The predicted octanol–water partition coefficient (Wildman–Crippen LogP) is 14.4. The third-order valence-corrected chi connectivity index (χ3v) is 11.6. The van der Waals surface area contributed by atoms with Crippen molar-refractivity contribution in [3.05, 3.63) is 206 Å². The Bertz CT molecular complexity index is 3520. The topological polar surface area (TPSA) is 56.7 Å². The normalized spacial score (nSPS) is 11.7. The molecular weight excluding hydrogens is 733 g/mol. The molecule has 5 nitrogen and oxygen atoms in total. The molecule has 5 heteroatoms. The maximum absolute atomic E-state index is 7.08. The van der Waals surface area contributed by atoms with Crippen LogP contribution in [0.25, 0.3) is 117 Å². The van der Waals surface area contributed by atoms with Crippen LogP contribution in [0.15, 0.2) is 211 Å². The van der Waals surface area contributed by atoms with Crippen LogP contribution in [0.1, 0.15) is 0 Å². The Labute approximate surface area is 345 Å². The molecule has 0 saturated carbocycles. The Morgan fingerprint density at radius 1 is 0.333 bits per heavy atom. The summed E-state index contributed by atoms with van der Waals surface area (Å²) >= 11 is 0. The Kier molecular flexibility index (Phi) is 7.78. The molecule has 12 aromatic rings. The number of hydrogen-bond acceptors (Lipinski definition) is 4. The zero-order valence-corrected chi connectivity index (χ0v) is 32.3. The maximum Gasteiger partial charge on any atom is 0.164 e. The van der Waals surface area contributed by atoms with Crippen LogP contribution in [0.3, 0.4) is 0 Å². The van der Waals surface area contributed by atoms with Gasteiger partial charge >= 0.3 is 0 Å². The Morgan fingerprint density at radius 3 is 1.53 bits per heavy atom. The van der Waals surface area contributed by atoms with E-state index in [-0.39, 0.29) is 0 Å². The molecule has 0 aliphatic rings. The van der Waals surface area contributed by atoms with E-state index in [2.05, 4.69) is 150 Å². The Morgan fingerprint density at radius 2 is 0.867 bits per heavy atom. The maximum atomic E-state index is 7.08. The van der Waals surface area contributed by atoms with Gasteiger partial charge in [0.2, 0.25) is 0 Å². The van der Waals surface area contributed by atoms with Crippen molar-refractivity contribution in [2.75, 3.05) is 0 Å². The highest BCUT2D eigenvalue weighted by atomic mass is 16.3. The number of benzene rings is 9. The lowest BCUT2D eigenvalue weighted by Crippen LogP contribution is -2.00. The van der Waals surface area contributed by atoms with Gasteiger partial charge in [0.25, 0.3) is 0 Å². The lowest BCUT2D eigenvalue weighted by molar-refractivity contribution is 0.666. The van der Waals surface area contributed by atoms with Gasteiger partial charge in [0.1, 0.15) is 5.58 Å². The van der Waals surface area contributed by atoms with Crippen LogP contribution < -0.4 is 0 Å². The van der Waals surface area contributed by atoms with Crippen molar-refractivity contribution in [2.24, 2.45) is 0 Å². The molecule has 0 radical (unpaired) electrons. The van der Waals surface area contributed by atoms with Crippen LogP contribution in [0, 0.1) is 0 Å². The summed E-state index contributed by atoms with van der Waals surface area (Å²) < 4.78 is 9.47. The Hall–Kier alpha value is -8.15. The second kappa shape index (κ2) is 13.8. The van der Waals surface area contributed by atoms with Gasteiger partial charge in [-0.25, -0.2) is 15.0 Å². The molecule has 0 saturated heterocycles. The molecular formula is C55H34N4O. The van der Waals surface area contributed by atoms with Crippen LogP contribution in [0.2, 0.25) is 0 Å². The number of nitrogens with zero attached hydrogens (tertiary/aromatic N) is 4. The minimum absolute atomic E-state index is 0.582. The molecule has 0 spiro atoms. The first kappa shape index (κ1) is 33.9. The van der Waals surface area contributed by atoms with Crippen molar-refractivity contribution in [1.82, 2.24) is 19.5 Å². The minimum atomic E-state index is 0.582. The summed E-state index contributed by atoms with van der Waals surface area (Å²) in [5, 5.41) is 6.89. The van der Waals surface area contributed by atoms with Crippen LogP contribution in [-0.2, 0) is 0 Å². The first-order chi connectivity index (χ1) is 29.7. The fourth-order valence-electron chi connectivity index (χ4n) is 8.76. The highest BCUT2D eigenvalue weighted by molar-refractivity contribution is 6.23. The first-order valence-electron chi connectivity index (χ1n) is 20.2. The summed E-state index contributed by atoms with van der Waals surface area (Å²) in [6.07, 6.45) is 0. The zero-order chi connectivity index (χ0) is 39.6. The van der Waals surface area contributed by atoms with E-state index < -0.39 is 0 Å². The van der Waals surface area contributed by atoms with Crippen LogP contribution in [0.4, 0.5) is 0 Å². The zero-order valence-electron chi connectivity index (χ0n) is 32.3. The molecule has 0 aliphatic carbocycles. The van der Waals surface area contributed by atoms with E-state index >= 15 is 0 Å². The van der Waals surface area contributed by atoms with Gasteiger partial charge < -0.3 is 8.98 Å². The summed E-state index contributed by atoms with van der Waals surface area (Å²) in [7, 11) is 0. The van der Waals surface area contributed by atoms with Gasteiger partial charge in [-0.05, 0) is 75.5 Å². The Balaban J connectivity index is 1.12. The van der Waals surface area contributed by atoms with Crippen LogP contribution in [0.5, 0.6) is 0 Å². The third kappa shape index (κ3) is 5.59. The van der Waals surface area contributed by atoms with E-state index in [0.29, 0.717) is 17.5 Å². The standard InChI is InChI=1S/C55H34N4O/c1-5-15-35(16-6-1)40-27-29-47-46(31-40)51-43-24-14-13-19-37(43)26-30-48(51)59(47)49-33-42(36-17-7-2-8-18-36)32-45-44-28-25-41(34-50(44)60-52(45)49)55-57-53(38-20-9-3-10-21-38)56-54(58-55)39-22-11-4-12-23-39/h1-34H. The second-order valence-electron chi connectivity index (χ2n) is 15.2. The molecule has 0 aliphatic heterocycles. The van der Waals surface area contributed by atoms with E-state index in [1.54, 1.807) is 0 Å². The van der Waals surface area contributed by atoms with Crippen molar-refractivity contribution in [3.8, 4) is 62.1 Å². The molecule has 12 rings (SSSR count). The van der Waals surface area contributed by atoms with E-state index in [4.69, 9.17) is 19.4 Å². The van der Waals surface area contributed by atoms with Gasteiger partial charge in [-0.3, -0.25) is 0 Å². The van der Waals surface area contributed by atoms with Gasteiger partial charge in [0.05, 0.1) is 16.7 Å². The highest BCUT2D eigenvalue weighted by Crippen LogP contribution is 2.44. The average Bonchev–Trinajstić information content (AvgIpc) is 3.87. The average molecular weight is 767 g/mol. The lowest BCUT2D eigenvalue weighted by Gasteiger charge is -2.12. The highest BCUT2D eigenvalue weighted by Gasteiger charge is 2.22. The molecule has 9 aromatic carbocycles. The quantitative estimate of drug-likeness (QED) is 0.169. The summed E-state index contributed by atoms with van der Waals surface area (Å²) in [5.41, 5.74) is 12.1. The number of fused-ring (bicyclic) bond motifs is 8. The van der Waals surface area contributed by atoms with E-state index in [0.717, 1.165) is 66.5 Å². The van der Waals surface area contributed by atoms with Crippen molar-refractivity contribution >= 4 is 54.5 Å². The third-order valence-electron chi connectivity index (χ3n) is 11.6. The summed E-state index contributed by atoms with van der Waals surface area (Å²) in [6.45, 7) is 0. The molecule has 0 atom stereocenters. The van der Waals surface area contributed by atoms with Gasteiger partial charge in [-0.15, -0.1) is 0 Å². The number of rotatable bonds is 6. The second-order valence-corrected chi connectivity index (χ2v) is 15.2. The summed E-state index contributed by atoms with van der Waals surface area (Å²) in [6, 6.07) is 72.3. The molecule has 3 aromatic heterocycles. The first-order valence-corrected chi connectivity index (χ1v) is 20.2. The van der Waals surface area contributed by atoms with Crippen LogP contribution in [-0.4, -0.2) is 19.5 Å². The molecule has 0 amide bonds. The number of furan rings is 1. The molecule has 0 N–H and O–H groups in total. The molecule has 60 heavy (non-hydrogen) atoms. The SMILES string of the molecule is c1ccc(-c2cc(-n3c4ccc(-c5ccccc5)cc4c4c5ccccc5ccc43)c3oc4cc(-c5nc(-c6ccccc6)nc(-c6ccccc6)n5)ccc4c3c2)cc1. The van der Waals surface area contributed by atoms with Gasteiger partial charge in [-0.2, -0.15) is 0 Å².